The summed E-state index contributed by atoms with van der Waals surface area (Å²) in [6, 6.07) is 18.0. The van der Waals surface area contributed by atoms with Crippen LogP contribution in [0.1, 0.15) is 25.0 Å². The molecule has 0 fully saturated rings. The summed E-state index contributed by atoms with van der Waals surface area (Å²) in [4.78, 5) is 0. The van der Waals surface area contributed by atoms with Gasteiger partial charge in [-0.3, -0.25) is 0 Å². The summed E-state index contributed by atoms with van der Waals surface area (Å²) in [7, 11) is 1.66. The molecule has 0 aliphatic carbocycles. The lowest BCUT2D eigenvalue weighted by molar-refractivity contribution is 0.0999. The maximum atomic E-state index is 10.6. The topological polar surface area (TPSA) is 29.5 Å². The van der Waals surface area contributed by atoms with Crippen LogP contribution in [0.25, 0.3) is 0 Å². The van der Waals surface area contributed by atoms with Crippen molar-refractivity contribution in [1.29, 1.82) is 0 Å². The molecular formula is C18H22O2. The van der Waals surface area contributed by atoms with Crippen molar-refractivity contribution in [3.63, 3.8) is 0 Å². The van der Waals surface area contributed by atoms with E-state index in [1.165, 1.54) is 0 Å². The third kappa shape index (κ3) is 3.20. The highest BCUT2D eigenvalue weighted by atomic mass is 16.5. The van der Waals surface area contributed by atoms with E-state index in [4.69, 9.17) is 4.74 Å². The molecule has 20 heavy (non-hydrogen) atoms. The summed E-state index contributed by atoms with van der Waals surface area (Å²) in [6.07, 6.45) is 0.163. The Morgan fingerprint density at radius 1 is 1.05 bits per heavy atom. The number of rotatable bonds is 5. The van der Waals surface area contributed by atoms with Gasteiger partial charge >= 0.3 is 0 Å². The van der Waals surface area contributed by atoms with Crippen LogP contribution in [0.2, 0.25) is 0 Å². The molecule has 0 amide bonds. The van der Waals surface area contributed by atoms with Gasteiger partial charge in [0, 0.05) is 5.41 Å². The zero-order chi connectivity index (χ0) is 14.6. The number of ether oxygens (including phenoxy) is 1. The molecule has 106 valence electrons. The number of methoxy groups -OCH3 is 1. The average molecular weight is 270 g/mol. The van der Waals surface area contributed by atoms with Crippen LogP contribution in [0.4, 0.5) is 0 Å². The average Bonchev–Trinajstić information content (AvgIpc) is 2.48. The van der Waals surface area contributed by atoms with Crippen LogP contribution in [0.3, 0.4) is 0 Å². The molecule has 0 heterocycles. The van der Waals surface area contributed by atoms with E-state index >= 15 is 0 Å². The van der Waals surface area contributed by atoms with Gasteiger partial charge in [-0.05, 0) is 29.7 Å². The van der Waals surface area contributed by atoms with Gasteiger partial charge in [-0.25, -0.2) is 0 Å². The Morgan fingerprint density at radius 3 is 2.40 bits per heavy atom. The van der Waals surface area contributed by atoms with Crippen molar-refractivity contribution >= 4 is 0 Å². The molecule has 2 aromatic carbocycles. The quantitative estimate of drug-likeness (QED) is 0.900. The molecule has 0 saturated heterocycles. The first-order chi connectivity index (χ1) is 9.54. The number of hydrogen-bond acceptors (Lipinski definition) is 2. The van der Waals surface area contributed by atoms with Crippen LogP contribution in [0, 0.1) is 0 Å². The molecule has 0 saturated carbocycles. The number of benzene rings is 2. The van der Waals surface area contributed by atoms with E-state index in [0.29, 0.717) is 6.42 Å². The summed E-state index contributed by atoms with van der Waals surface area (Å²) >= 11 is 0. The van der Waals surface area contributed by atoms with Crippen molar-refractivity contribution in [2.75, 3.05) is 7.11 Å². The van der Waals surface area contributed by atoms with Crippen LogP contribution in [-0.2, 0) is 11.8 Å². The summed E-state index contributed by atoms with van der Waals surface area (Å²) < 4.78 is 5.23. The van der Waals surface area contributed by atoms with Crippen LogP contribution < -0.4 is 4.74 Å². The lowest BCUT2D eigenvalue weighted by atomic mass is 9.77. The Balaban J connectivity index is 2.16. The zero-order valence-electron chi connectivity index (χ0n) is 12.3. The van der Waals surface area contributed by atoms with E-state index in [0.717, 1.165) is 16.9 Å². The van der Waals surface area contributed by atoms with Crippen LogP contribution in [0.5, 0.6) is 5.75 Å². The number of aliphatic hydroxyl groups excluding tert-OH is 1. The van der Waals surface area contributed by atoms with Crippen LogP contribution in [-0.4, -0.2) is 18.3 Å². The first-order valence-electron chi connectivity index (χ1n) is 6.90. The third-order valence-electron chi connectivity index (χ3n) is 3.91. The SMILES string of the molecule is COc1cccc(CC(O)C(C)(C)c2ccccc2)c1. The highest BCUT2D eigenvalue weighted by Gasteiger charge is 2.29. The first kappa shape index (κ1) is 14.6. The van der Waals surface area contributed by atoms with Crippen molar-refractivity contribution in [2.24, 2.45) is 0 Å². The van der Waals surface area contributed by atoms with Gasteiger partial charge in [0.2, 0.25) is 0 Å². The Morgan fingerprint density at radius 2 is 1.75 bits per heavy atom. The standard InChI is InChI=1S/C18H22O2/c1-18(2,15-9-5-4-6-10-15)17(19)13-14-8-7-11-16(12-14)20-3/h4-12,17,19H,13H2,1-3H3. The van der Waals surface area contributed by atoms with E-state index < -0.39 is 6.10 Å². The summed E-state index contributed by atoms with van der Waals surface area (Å²) in [5.74, 6) is 0.826. The fourth-order valence-corrected chi connectivity index (χ4v) is 2.34. The molecule has 1 atom stereocenters. The number of hydrogen-bond donors (Lipinski definition) is 1. The smallest absolute Gasteiger partial charge is 0.119 e. The Bertz CT molecular complexity index is 546. The minimum absolute atomic E-state index is 0.287. The van der Waals surface area contributed by atoms with E-state index in [-0.39, 0.29) is 5.41 Å². The van der Waals surface area contributed by atoms with Gasteiger partial charge in [-0.15, -0.1) is 0 Å². The summed E-state index contributed by atoms with van der Waals surface area (Å²) in [5.41, 5.74) is 1.95. The second-order valence-corrected chi connectivity index (χ2v) is 5.66. The van der Waals surface area contributed by atoms with Crippen LogP contribution in [0.15, 0.2) is 54.6 Å². The lowest BCUT2D eigenvalue weighted by Gasteiger charge is -2.31. The Labute approximate surface area is 121 Å². The maximum Gasteiger partial charge on any atom is 0.119 e. The van der Waals surface area contributed by atoms with Crippen molar-refractivity contribution in [1.82, 2.24) is 0 Å². The maximum absolute atomic E-state index is 10.6. The van der Waals surface area contributed by atoms with Crippen molar-refractivity contribution in [2.45, 2.75) is 31.8 Å². The van der Waals surface area contributed by atoms with Gasteiger partial charge in [0.15, 0.2) is 0 Å². The first-order valence-corrected chi connectivity index (χ1v) is 6.90. The zero-order valence-corrected chi connectivity index (χ0v) is 12.3. The summed E-state index contributed by atoms with van der Waals surface area (Å²) in [6.45, 7) is 4.15. The van der Waals surface area contributed by atoms with Crippen molar-refractivity contribution in [3.8, 4) is 5.75 Å². The highest BCUT2D eigenvalue weighted by molar-refractivity contribution is 5.31. The molecule has 1 unspecified atom stereocenters. The predicted molar refractivity (Wildman–Crippen MR) is 82.2 cm³/mol. The monoisotopic (exact) mass is 270 g/mol. The molecule has 2 heteroatoms. The predicted octanol–water partition coefficient (Wildman–Crippen LogP) is 3.58. The molecule has 2 aromatic rings. The second kappa shape index (κ2) is 6.10. The second-order valence-electron chi connectivity index (χ2n) is 5.66. The molecule has 0 radical (unpaired) electrons. The van der Waals surface area contributed by atoms with Crippen molar-refractivity contribution in [3.05, 3.63) is 65.7 Å². The van der Waals surface area contributed by atoms with Gasteiger partial charge in [0.25, 0.3) is 0 Å². The minimum Gasteiger partial charge on any atom is -0.497 e. The normalized spacial score (nSPS) is 13.0. The van der Waals surface area contributed by atoms with Gasteiger partial charge < -0.3 is 9.84 Å². The fraction of sp³-hybridized carbons (Fsp3) is 0.333. The van der Waals surface area contributed by atoms with Crippen molar-refractivity contribution < 1.29 is 9.84 Å². The van der Waals surface area contributed by atoms with Gasteiger partial charge in [-0.2, -0.15) is 0 Å². The highest BCUT2D eigenvalue weighted by Crippen LogP contribution is 2.29. The molecule has 2 rings (SSSR count). The molecule has 2 nitrogen and oxygen atoms in total. The lowest BCUT2D eigenvalue weighted by Crippen LogP contribution is -2.35. The number of aliphatic hydroxyl groups is 1. The molecule has 0 spiro atoms. The minimum atomic E-state index is -0.447. The summed E-state index contributed by atoms with van der Waals surface area (Å²) in [5, 5.41) is 10.6. The largest absolute Gasteiger partial charge is 0.497 e. The van der Waals surface area contributed by atoms with Gasteiger partial charge in [0.05, 0.1) is 13.2 Å². The van der Waals surface area contributed by atoms with E-state index in [1.54, 1.807) is 7.11 Å². The Hall–Kier alpha value is -1.80. The molecule has 0 aliphatic rings. The fourth-order valence-electron chi connectivity index (χ4n) is 2.34. The van der Waals surface area contributed by atoms with E-state index in [9.17, 15) is 5.11 Å². The molecule has 1 N–H and O–H groups in total. The third-order valence-corrected chi connectivity index (χ3v) is 3.91. The van der Waals surface area contributed by atoms with Gasteiger partial charge in [0.1, 0.15) is 5.75 Å². The molecular weight excluding hydrogens is 248 g/mol. The Kier molecular flexibility index (Phi) is 4.46. The van der Waals surface area contributed by atoms with E-state index in [1.807, 2.05) is 42.5 Å². The molecule has 0 aliphatic heterocycles. The molecule has 0 aromatic heterocycles. The van der Waals surface area contributed by atoms with Gasteiger partial charge in [-0.1, -0.05) is 56.3 Å². The van der Waals surface area contributed by atoms with E-state index in [2.05, 4.69) is 26.0 Å². The van der Waals surface area contributed by atoms with Crippen LogP contribution >= 0.6 is 0 Å². The molecule has 0 bridgehead atoms.